The van der Waals surface area contributed by atoms with E-state index in [1.165, 1.54) is 23.5 Å². The second-order valence-corrected chi connectivity index (χ2v) is 4.44. The Balaban J connectivity index is 2.42. The molecule has 0 saturated heterocycles. The summed E-state index contributed by atoms with van der Waals surface area (Å²) < 4.78 is 1.56. The molecule has 0 saturated carbocycles. The lowest BCUT2D eigenvalue weighted by atomic mass is 10.0. The van der Waals surface area contributed by atoms with E-state index in [1.807, 2.05) is 32.0 Å². The highest BCUT2D eigenvalue weighted by molar-refractivity contribution is 6.29. The topological polar surface area (TPSA) is 34.9 Å². The Kier molecular flexibility index (Phi) is 3.29. The van der Waals surface area contributed by atoms with Crippen molar-refractivity contribution in [3.8, 4) is 0 Å². The average molecular weight is 249 g/mol. The van der Waals surface area contributed by atoms with Crippen molar-refractivity contribution < 1.29 is 0 Å². The molecule has 0 aliphatic carbocycles. The van der Waals surface area contributed by atoms with Crippen LogP contribution in [0.2, 0.25) is 5.15 Å². The minimum absolute atomic E-state index is 0.132. The lowest BCUT2D eigenvalue weighted by molar-refractivity contribution is 0.729. The van der Waals surface area contributed by atoms with Crippen LogP contribution in [0.3, 0.4) is 0 Å². The minimum Gasteiger partial charge on any atom is -0.295 e. The van der Waals surface area contributed by atoms with Crippen molar-refractivity contribution in [2.24, 2.45) is 0 Å². The van der Waals surface area contributed by atoms with Gasteiger partial charge in [-0.1, -0.05) is 29.8 Å². The van der Waals surface area contributed by atoms with Crippen LogP contribution in [0, 0.1) is 13.8 Å². The van der Waals surface area contributed by atoms with Gasteiger partial charge in [0.25, 0.3) is 5.56 Å². The molecule has 0 spiro atoms. The zero-order valence-electron chi connectivity index (χ0n) is 9.77. The standard InChI is InChI=1S/C13H13ClN2O/c1-9-4-3-5-10(2)11(9)7-16-8-15-12(14)6-13(16)17/h3-6,8H,7H2,1-2H3. The normalized spacial score (nSPS) is 10.5. The van der Waals surface area contributed by atoms with Crippen LogP contribution < -0.4 is 5.56 Å². The highest BCUT2D eigenvalue weighted by Crippen LogP contribution is 2.14. The Morgan fingerprint density at radius 3 is 2.53 bits per heavy atom. The fourth-order valence-electron chi connectivity index (χ4n) is 1.79. The SMILES string of the molecule is Cc1cccc(C)c1Cn1cnc(Cl)cc1=O. The highest BCUT2D eigenvalue weighted by atomic mass is 35.5. The van der Waals surface area contributed by atoms with Gasteiger partial charge in [-0.25, -0.2) is 4.98 Å². The largest absolute Gasteiger partial charge is 0.295 e. The number of hydrogen-bond acceptors (Lipinski definition) is 2. The molecule has 17 heavy (non-hydrogen) atoms. The van der Waals surface area contributed by atoms with Crippen LogP contribution in [0.25, 0.3) is 0 Å². The van der Waals surface area contributed by atoms with Gasteiger partial charge in [-0.05, 0) is 30.5 Å². The van der Waals surface area contributed by atoms with Crippen molar-refractivity contribution >= 4 is 11.6 Å². The van der Waals surface area contributed by atoms with Crippen LogP contribution in [-0.2, 0) is 6.54 Å². The van der Waals surface area contributed by atoms with E-state index in [0.29, 0.717) is 6.54 Å². The van der Waals surface area contributed by atoms with Crippen LogP contribution in [0.1, 0.15) is 16.7 Å². The van der Waals surface area contributed by atoms with E-state index >= 15 is 0 Å². The van der Waals surface area contributed by atoms with Gasteiger partial charge < -0.3 is 0 Å². The van der Waals surface area contributed by atoms with Gasteiger partial charge in [0.15, 0.2) is 0 Å². The van der Waals surface area contributed by atoms with E-state index in [0.717, 1.165) is 5.56 Å². The molecular formula is C13H13ClN2O. The summed E-state index contributed by atoms with van der Waals surface area (Å²) >= 11 is 5.66. The summed E-state index contributed by atoms with van der Waals surface area (Å²) in [7, 11) is 0. The molecule has 4 heteroatoms. The summed E-state index contributed by atoms with van der Waals surface area (Å²) in [4.78, 5) is 15.6. The molecule has 0 radical (unpaired) electrons. The van der Waals surface area contributed by atoms with Crippen LogP contribution in [-0.4, -0.2) is 9.55 Å². The van der Waals surface area contributed by atoms with Gasteiger partial charge in [-0.2, -0.15) is 0 Å². The fourth-order valence-corrected chi connectivity index (χ4v) is 1.93. The number of benzene rings is 1. The fraction of sp³-hybridized carbons (Fsp3) is 0.231. The first-order valence-electron chi connectivity index (χ1n) is 5.35. The molecule has 0 atom stereocenters. The van der Waals surface area contributed by atoms with Crippen molar-refractivity contribution in [2.45, 2.75) is 20.4 Å². The van der Waals surface area contributed by atoms with Crippen molar-refractivity contribution in [1.29, 1.82) is 0 Å². The van der Waals surface area contributed by atoms with Crippen molar-refractivity contribution in [1.82, 2.24) is 9.55 Å². The lowest BCUT2D eigenvalue weighted by Crippen LogP contribution is -2.20. The molecule has 0 bridgehead atoms. The summed E-state index contributed by atoms with van der Waals surface area (Å²) in [6.07, 6.45) is 1.48. The van der Waals surface area contributed by atoms with Crippen molar-refractivity contribution in [3.05, 3.63) is 62.8 Å². The van der Waals surface area contributed by atoms with E-state index in [9.17, 15) is 4.79 Å². The molecule has 0 fully saturated rings. The minimum atomic E-state index is -0.132. The number of aromatic nitrogens is 2. The number of hydrogen-bond donors (Lipinski definition) is 0. The third kappa shape index (κ3) is 2.56. The van der Waals surface area contributed by atoms with Crippen molar-refractivity contribution in [3.63, 3.8) is 0 Å². The smallest absolute Gasteiger partial charge is 0.255 e. The maximum atomic E-state index is 11.7. The maximum Gasteiger partial charge on any atom is 0.255 e. The van der Waals surface area contributed by atoms with Crippen LogP contribution in [0.5, 0.6) is 0 Å². The van der Waals surface area contributed by atoms with Gasteiger partial charge in [0.1, 0.15) is 5.15 Å². The highest BCUT2D eigenvalue weighted by Gasteiger charge is 2.05. The summed E-state index contributed by atoms with van der Waals surface area (Å²) in [5.41, 5.74) is 3.37. The first-order chi connectivity index (χ1) is 8.08. The maximum absolute atomic E-state index is 11.7. The molecule has 88 valence electrons. The zero-order valence-corrected chi connectivity index (χ0v) is 10.5. The molecule has 0 amide bonds. The molecule has 2 aromatic rings. The predicted molar refractivity (Wildman–Crippen MR) is 68.5 cm³/mol. The van der Waals surface area contributed by atoms with Gasteiger partial charge in [0, 0.05) is 6.07 Å². The van der Waals surface area contributed by atoms with Gasteiger partial charge in [0.2, 0.25) is 0 Å². The van der Waals surface area contributed by atoms with Crippen molar-refractivity contribution in [2.75, 3.05) is 0 Å². The van der Waals surface area contributed by atoms with Gasteiger partial charge >= 0.3 is 0 Å². The number of rotatable bonds is 2. The Bertz CT molecular complexity index is 584. The molecular weight excluding hydrogens is 236 g/mol. The predicted octanol–water partition coefficient (Wildman–Crippen LogP) is 2.56. The van der Waals surface area contributed by atoms with E-state index in [1.54, 1.807) is 4.57 Å². The molecule has 0 unspecified atom stereocenters. The average Bonchev–Trinajstić information content (AvgIpc) is 2.26. The molecule has 2 rings (SSSR count). The summed E-state index contributed by atoms with van der Waals surface area (Å²) in [5.74, 6) is 0. The van der Waals surface area contributed by atoms with Crippen LogP contribution in [0.4, 0.5) is 0 Å². The number of aryl methyl sites for hydroxylation is 2. The molecule has 3 nitrogen and oxygen atoms in total. The van der Waals surface area contributed by atoms with Gasteiger partial charge in [0.05, 0.1) is 12.9 Å². The van der Waals surface area contributed by atoms with Gasteiger partial charge in [-0.15, -0.1) is 0 Å². The summed E-state index contributed by atoms with van der Waals surface area (Å²) in [6, 6.07) is 7.42. The van der Waals surface area contributed by atoms with Crippen LogP contribution in [0.15, 0.2) is 35.4 Å². The van der Waals surface area contributed by atoms with E-state index in [4.69, 9.17) is 11.6 Å². The first-order valence-corrected chi connectivity index (χ1v) is 5.73. The van der Waals surface area contributed by atoms with Crippen LogP contribution >= 0.6 is 11.6 Å². The summed E-state index contributed by atoms with van der Waals surface area (Å²) in [6.45, 7) is 4.61. The Morgan fingerprint density at radius 2 is 1.94 bits per heavy atom. The third-order valence-electron chi connectivity index (χ3n) is 2.82. The zero-order chi connectivity index (χ0) is 12.4. The second kappa shape index (κ2) is 4.72. The number of halogens is 1. The quantitative estimate of drug-likeness (QED) is 0.766. The monoisotopic (exact) mass is 248 g/mol. The number of nitrogens with zero attached hydrogens (tertiary/aromatic N) is 2. The molecule has 0 aliphatic rings. The second-order valence-electron chi connectivity index (χ2n) is 4.05. The summed E-state index contributed by atoms with van der Waals surface area (Å²) in [5, 5.41) is 0.229. The molecule has 1 aromatic heterocycles. The van der Waals surface area contributed by atoms with E-state index in [-0.39, 0.29) is 10.7 Å². The Morgan fingerprint density at radius 1 is 1.29 bits per heavy atom. The Labute approximate surface area is 105 Å². The lowest BCUT2D eigenvalue weighted by Gasteiger charge is -2.11. The third-order valence-corrected chi connectivity index (χ3v) is 3.03. The molecule has 1 aromatic carbocycles. The molecule has 1 heterocycles. The molecule has 0 aliphatic heterocycles. The van der Waals surface area contributed by atoms with Gasteiger partial charge in [-0.3, -0.25) is 9.36 Å². The first kappa shape index (κ1) is 11.9. The van der Waals surface area contributed by atoms with E-state index in [2.05, 4.69) is 4.98 Å². The molecule has 0 N–H and O–H groups in total. The Hall–Kier alpha value is -1.61. The van der Waals surface area contributed by atoms with E-state index < -0.39 is 0 Å².